The van der Waals surface area contributed by atoms with Gasteiger partial charge >= 0.3 is 6.18 Å². The molecule has 0 atom stereocenters. The van der Waals surface area contributed by atoms with Crippen molar-refractivity contribution in [2.75, 3.05) is 5.73 Å². The summed E-state index contributed by atoms with van der Waals surface area (Å²) in [5.41, 5.74) is 5.77. The highest BCUT2D eigenvalue weighted by Gasteiger charge is 2.26. The zero-order chi connectivity index (χ0) is 10.1. The molecule has 1 aromatic rings. The highest BCUT2D eigenvalue weighted by molar-refractivity contribution is 5.30. The van der Waals surface area contributed by atoms with Crippen molar-refractivity contribution >= 4 is 5.82 Å². The van der Waals surface area contributed by atoms with Gasteiger partial charge in [0.05, 0.1) is 5.69 Å². The number of hydrogen-bond acceptors (Lipinski definition) is 2. The standard InChI is InChI=1S/C7H10F3N3/c1-13-6(11)4-5(12-13)2-3-7(8,9)10/h4H,2-3,11H2,1H3. The molecule has 3 nitrogen and oxygen atoms in total. The molecule has 0 radical (unpaired) electrons. The first-order valence-corrected chi connectivity index (χ1v) is 3.73. The Bertz CT molecular complexity index is 270. The molecule has 0 aliphatic rings. The van der Waals surface area contributed by atoms with Crippen LogP contribution in [0.2, 0.25) is 0 Å². The van der Waals surface area contributed by atoms with E-state index in [2.05, 4.69) is 5.10 Å². The highest BCUT2D eigenvalue weighted by atomic mass is 19.4. The summed E-state index contributed by atoms with van der Waals surface area (Å²) in [6.45, 7) is 0. The molecule has 0 saturated heterocycles. The summed E-state index contributed by atoms with van der Waals surface area (Å²) in [5, 5.41) is 3.80. The average Bonchev–Trinajstić information content (AvgIpc) is 2.27. The Balaban J connectivity index is 2.56. The summed E-state index contributed by atoms with van der Waals surface area (Å²) in [5.74, 6) is 0.372. The zero-order valence-electron chi connectivity index (χ0n) is 7.10. The summed E-state index contributed by atoms with van der Waals surface area (Å²) in [6.07, 6.45) is -5.11. The minimum atomic E-state index is -4.13. The number of halogens is 3. The Labute approximate surface area is 73.3 Å². The van der Waals surface area contributed by atoms with E-state index in [1.807, 2.05) is 0 Å². The second kappa shape index (κ2) is 3.27. The van der Waals surface area contributed by atoms with E-state index >= 15 is 0 Å². The first-order chi connectivity index (χ1) is 5.88. The van der Waals surface area contributed by atoms with Gasteiger partial charge in [-0.15, -0.1) is 0 Å². The monoisotopic (exact) mass is 193 g/mol. The summed E-state index contributed by atoms with van der Waals surface area (Å²) >= 11 is 0. The van der Waals surface area contributed by atoms with E-state index in [1.54, 1.807) is 7.05 Å². The number of nitrogen functional groups attached to an aromatic ring is 1. The van der Waals surface area contributed by atoms with Crippen LogP contribution in [0.5, 0.6) is 0 Å². The molecule has 1 aromatic heterocycles. The van der Waals surface area contributed by atoms with Crippen molar-refractivity contribution in [2.24, 2.45) is 7.05 Å². The summed E-state index contributed by atoms with van der Waals surface area (Å²) in [4.78, 5) is 0. The lowest BCUT2D eigenvalue weighted by molar-refractivity contribution is -0.134. The molecule has 2 N–H and O–H groups in total. The lowest BCUT2D eigenvalue weighted by Crippen LogP contribution is -2.08. The fourth-order valence-electron chi connectivity index (χ4n) is 0.935. The molecular formula is C7H10F3N3. The van der Waals surface area contributed by atoms with Gasteiger partial charge in [0.25, 0.3) is 0 Å². The van der Waals surface area contributed by atoms with Crippen molar-refractivity contribution in [1.82, 2.24) is 9.78 Å². The molecule has 0 unspecified atom stereocenters. The lowest BCUT2D eigenvalue weighted by Gasteiger charge is -2.02. The van der Waals surface area contributed by atoms with Gasteiger partial charge in [0.15, 0.2) is 0 Å². The Hall–Kier alpha value is -1.20. The van der Waals surface area contributed by atoms with E-state index < -0.39 is 12.6 Å². The third-order valence-electron chi connectivity index (χ3n) is 1.63. The van der Waals surface area contributed by atoms with Gasteiger partial charge in [0.1, 0.15) is 5.82 Å². The molecule has 0 spiro atoms. The summed E-state index contributed by atoms with van der Waals surface area (Å²) < 4.78 is 36.7. The number of hydrogen-bond donors (Lipinski definition) is 1. The van der Waals surface area contributed by atoms with Crippen LogP contribution in [0.4, 0.5) is 19.0 Å². The molecule has 0 aliphatic carbocycles. The number of rotatable bonds is 2. The van der Waals surface area contributed by atoms with Crippen LogP contribution in [-0.4, -0.2) is 16.0 Å². The molecule has 0 amide bonds. The minimum absolute atomic E-state index is 0.117. The van der Waals surface area contributed by atoms with Gasteiger partial charge < -0.3 is 5.73 Å². The molecule has 0 aromatic carbocycles. The van der Waals surface area contributed by atoms with Crippen LogP contribution < -0.4 is 5.73 Å². The maximum Gasteiger partial charge on any atom is 0.389 e. The molecule has 0 fully saturated rings. The van der Waals surface area contributed by atoms with Gasteiger partial charge in [-0.1, -0.05) is 0 Å². The predicted molar refractivity (Wildman–Crippen MR) is 42.0 cm³/mol. The summed E-state index contributed by atoms with van der Waals surface area (Å²) in [6, 6.07) is 1.45. The SMILES string of the molecule is Cn1nc(CCC(F)(F)F)cc1N. The van der Waals surface area contributed by atoms with E-state index in [-0.39, 0.29) is 6.42 Å². The van der Waals surface area contributed by atoms with Gasteiger partial charge in [-0.25, -0.2) is 0 Å². The van der Waals surface area contributed by atoms with Crippen molar-refractivity contribution < 1.29 is 13.2 Å². The van der Waals surface area contributed by atoms with E-state index in [0.717, 1.165) is 0 Å². The third-order valence-corrected chi connectivity index (χ3v) is 1.63. The van der Waals surface area contributed by atoms with E-state index in [4.69, 9.17) is 5.73 Å². The van der Waals surface area contributed by atoms with Crippen molar-refractivity contribution in [3.8, 4) is 0 Å². The molecule has 1 rings (SSSR count). The van der Waals surface area contributed by atoms with Crippen LogP contribution in [0.15, 0.2) is 6.07 Å². The van der Waals surface area contributed by atoms with Crippen LogP contribution in [0.3, 0.4) is 0 Å². The second-order valence-electron chi connectivity index (χ2n) is 2.80. The fourth-order valence-corrected chi connectivity index (χ4v) is 0.935. The Morgan fingerprint density at radius 3 is 2.54 bits per heavy atom. The van der Waals surface area contributed by atoms with Crippen molar-refractivity contribution in [2.45, 2.75) is 19.0 Å². The third kappa shape index (κ3) is 2.96. The lowest BCUT2D eigenvalue weighted by atomic mass is 10.2. The van der Waals surface area contributed by atoms with E-state index in [0.29, 0.717) is 11.5 Å². The number of aryl methyl sites for hydroxylation is 2. The molecule has 0 saturated carbocycles. The molecule has 0 bridgehead atoms. The molecule has 13 heavy (non-hydrogen) atoms. The quantitative estimate of drug-likeness (QED) is 0.773. The van der Waals surface area contributed by atoms with Crippen molar-refractivity contribution in [1.29, 1.82) is 0 Å². The largest absolute Gasteiger partial charge is 0.389 e. The second-order valence-corrected chi connectivity index (χ2v) is 2.80. The Kier molecular flexibility index (Phi) is 2.49. The smallest absolute Gasteiger partial charge is 0.384 e. The minimum Gasteiger partial charge on any atom is -0.384 e. The summed E-state index contributed by atoms with van der Waals surface area (Å²) in [7, 11) is 1.59. The van der Waals surface area contributed by atoms with Crippen LogP contribution in [-0.2, 0) is 13.5 Å². The number of nitrogens with zero attached hydrogens (tertiary/aromatic N) is 2. The van der Waals surface area contributed by atoms with Crippen molar-refractivity contribution in [3.05, 3.63) is 11.8 Å². The zero-order valence-corrected chi connectivity index (χ0v) is 7.10. The average molecular weight is 193 g/mol. The molecule has 6 heteroatoms. The van der Waals surface area contributed by atoms with Crippen LogP contribution in [0.1, 0.15) is 12.1 Å². The van der Waals surface area contributed by atoms with Gasteiger partial charge in [0, 0.05) is 26.0 Å². The molecule has 1 heterocycles. The number of nitrogens with two attached hydrogens (primary N) is 1. The fraction of sp³-hybridized carbons (Fsp3) is 0.571. The van der Waals surface area contributed by atoms with E-state index in [1.165, 1.54) is 10.7 Å². The normalized spacial score (nSPS) is 12.0. The molecule has 74 valence electrons. The van der Waals surface area contributed by atoms with Gasteiger partial charge in [-0.3, -0.25) is 4.68 Å². The van der Waals surface area contributed by atoms with Gasteiger partial charge in [-0.2, -0.15) is 18.3 Å². The van der Waals surface area contributed by atoms with Crippen LogP contribution in [0, 0.1) is 0 Å². The first-order valence-electron chi connectivity index (χ1n) is 3.73. The maximum atomic E-state index is 11.8. The number of aromatic nitrogens is 2. The topological polar surface area (TPSA) is 43.8 Å². The first kappa shape index (κ1) is 9.88. The molecular weight excluding hydrogens is 183 g/mol. The Morgan fingerprint density at radius 1 is 1.54 bits per heavy atom. The van der Waals surface area contributed by atoms with Gasteiger partial charge in [-0.05, 0) is 0 Å². The Morgan fingerprint density at radius 2 is 2.15 bits per heavy atom. The maximum absolute atomic E-state index is 11.8. The van der Waals surface area contributed by atoms with Crippen molar-refractivity contribution in [3.63, 3.8) is 0 Å². The molecule has 0 aliphatic heterocycles. The van der Waals surface area contributed by atoms with E-state index in [9.17, 15) is 13.2 Å². The van der Waals surface area contributed by atoms with Crippen LogP contribution >= 0.6 is 0 Å². The highest BCUT2D eigenvalue weighted by Crippen LogP contribution is 2.21. The predicted octanol–water partition coefficient (Wildman–Crippen LogP) is 1.50. The number of anilines is 1. The number of alkyl halides is 3. The van der Waals surface area contributed by atoms with Gasteiger partial charge in [0.2, 0.25) is 0 Å². The van der Waals surface area contributed by atoms with Crippen LogP contribution in [0.25, 0.3) is 0 Å².